The van der Waals surface area contributed by atoms with Crippen LogP contribution < -0.4 is 5.32 Å². The number of hydrogen-bond donors (Lipinski definition) is 1. The summed E-state index contributed by atoms with van der Waals surface area (Å²) in [5.41, 5.74) is 2.96. The summed E-state index contributed by atoms with van der Waals surface area (Å²) in [6, 6.07) is 11.2. The Bertz CT molecular complexity index is 631. The minimum Gasteiger partial charge on any atom is -0.328 e. The highest BCUT2D eigenvalue weighted by molar-refractivity contribution is 9.10. The molecule has 0 bridgehead atoms. The van der Waals surface area contributed by atoms with Gasteiger partial charge in [-0.25, -0.2) is 0 Å². The van der Waals surface area contributed by atoms with Crippen molar-refractivity contribution in [2.45, 2.75) is 12.8 Å². The van der Waals surface area contributed by atoms with E-state index in [1.807, 2.05) is 30.3 Å². The molecule has 20 heavy (non-hydrogen) atoms. The minimum absolute atomic E-state index is 0.603. The van der Waals surface area contributed by atoms with E-state index < -0.39 is 0 Å². The number of halogens is 3. The van der Waals surface area contributed by atoms with Crippen LogP contribution in [0.3, 0.4) is 0 Å². The van der Waals surface area contributed by atoms with E-state index in [-0.39, 0.29) is 0 Å². The Balaban J connectivity index is 2.16. The Morgan fingerprint density at radius 2 is 1.60 bits per heavy atom. The molecule has 2 aromatic rings. The minimum atomic E-state index is 0.603. The highest BCUT2D eigenvalue weighted by Gasteiger charge is 2.06. The van der Waals surface area contributed by atoms with E-state index in [0.717, 1.165) is 28.6 Å². The van der Waals surface area contributed by atoms with Crippen LogP contribution in [0.2, 0.25) is 10.0 Å². The maximum Gasteiger partial charge on any atom is 0.211 e. The van der Waals surface area contributed by atoms with Crippen molar-refractivity contribution >= 4 is 51.2 Å². The summed E-state index contributed by atoms with van der Waals surface area (Å²) in [5, 5.41) is 3.99. The first-order valence-electron chi connectivity index (χ1n) is 6.02. The maximum absolute atomic E-state index is 10.6. The van der Waals surface area contributed by atoms with Crippen LogP contribution >= 0.6 is 39.1 Å². The average Bonchev–Trinajstić information content (AvgIpc) is 2.40. The van der Waals surface area contributed by atoms with Gasteiger partial charge >= 0.3 is 0 Å². The van der Waals surface area contributed by atoms with Crippen molar-refractivity contribution in [1.82, 2.24) is 0 Å². The fourth-order valence-corrected chi connectivity index (χ4v) is 3.01. The Hall–Kier alpha value is -1.03. The average molecular weight is 373 g/mol. The normalized spacial score (nSPS) is 10.3. The van der Waals surface area contributed by atoms with Gasteiger partial charge < -0.3 is 5.32 Å². The van der Waals surface area contributed by atoms with Gasteiger partial charge in [0.25, 0.3) is 0 Å². The van der Waals surface area contributed by atoms with Crippen molar-refractivity contribution in [3.8, 4) is 0 Å². The first-order valence-corrected chi connectivity index (χ1v) is 7.57. The molecule has 1 amide bonds. The largest absolute Gasteiger partial charge is 0.328 e. The molecule has 0 unspecified atom stereocenters. The summed E-state index contributed by atoms with van der Waals surface area (Å²) in [4.78, 5) is 10.6. The van der Waals surface area contributed by atoms with Gasteiger partial charge in [-0.15, -0.1) is 0 Å². The molecular weight excluding hydrogens is 361 g/mol. The number of carbonyl (C=O) groups excluding carboxylic acids is 1. The second-order valence-electron chi connectivity index (χ2n) is 4.30. The van der Waals surface area contributed by atoms with Gasteiger partial charge in [0.15, 0.2) is 0 Å². The molecule has 5 heteroatoms. The molecule has 0 atom stereocenters. The number of anilines is 1. The van der Waals surface area contributed by atoms with E-state index >= 15 is 0 Å². The summed E-state index contributed by atoms with van der Waals surface area (Å²) in [6.07, 6.45) is 2.30. The number of hydrogen-bond acceptors (Lipinski definition) is 1. The molecule has 0 spiro atoms. The van der Waals surface area contributed by atoms with Crippen LogP contribution in [-0.2, 0) is 17.6 Å². The van der Waals surface area contributed by atoms with E-state index in [4.69, 9.17) is 23.2 Å². The van der Waals surface area contributed by atoms with Crippen LogP contribution in [0.15, 0.2) is 40.9 Å². The molecule has 0 aliphatic heterocycles. The van der Waals surface area contributed by atoms with Gasteiger partial charge in [-0.05, 0) is 48.2 Å². The smallest absolute Gasteiger partial charge is 0.211 e. The summed E-state index contributed by atoms with van der Waals surface area (Å²) < 4.78 is 0.990. The monoisotopic (exact) mass is 371 g/mol. The van der Waals surface area contributed by atoms with E-state index in [1.54, 1.807) is 6.07 Å². The molecule has 2 aromatic carbocycles. The molecule has 0 heterocycles. The van der Waals surface area contributed by atoms with E-state index in [0.29, 0.717) is 16.5 Å². The maximum atomic E-state index is 10.6. The molecular formula is C15H12BrCl2NO. The number of carbonyl (C=O) groups is 1. The number of aryl methyl sites for hydroxylation is 2. The zero-order valence-electron chi connectivity index (χ0n) is 10.5. The van der Waals surface area contributed by atoms with Crippen LogP contribution in [0.5, 0.6) is 0 Å². The molecule has 1 N–H and O–H groups in total. The van der Waals surface area contributed by atoms with Crippen molar-refractivity contribution < 1.29 is 4.79 Å². The fourth-order valence-electron chi connectivity index (χ4n) is 1.96. The third-order valence-corrected chi connectivity index (χ3v) is 4.17. The van der Waals surface area contributed by atoms with Gasteiger partial charge in [0, 0.05) is 20.2 Å². The summed E-state index contributed by atoms with van der Waals surface area (Å²) >= 11 is 15.4. The zero-order valence-corrected chi connectivity index (χ0v) is 13.6. The molecule has 0 aliphatic carbocycles. The van der Waals surface area contributed by atoms with Crippen LogP contribution in [-0.4, -0.2) is 6.41 Å². The second-order valence-corrected chi connectivity index (χ2v) is 6.03. The van der Waals surface area contributed by atoms with Crippen molar-refractivity contribution in [2.75, 3.05) is 5.32 Å². The Morgan fingerprint density at radius 1 is 1.00 bits per heavy atom. The number of benzene rings is 2. The Morgan fingerprint density at radius 3 is 2.25 bits per heavy atom. The lowest BCUT2D eigenvalue weighted by molar-refractivity contribution is -0.105. The highest BCUT2D eigenvalue weighted by atomic mass is 79.9. The van der Waals surface area contributed by atoms with Crippen molar-refractivity contribution in [3.63, 3.8) is 0 Å². The SMILES string of the molecule is O=CNc1cc(Cl)ccc1CCc1ccc(Cl)cc1Br. The predicted octanol–water partition coefficient (Wildman–Crippen LogP) is 5.11. The van der Waals surface area contributed by atoms with Crippen LogP contribution in [0.25, 0.3) is 0 Å². The molecule has 104 valence electrons. The summed E-state index contributed by atoms with van der Waals surface area (Å²) in [7, 11) is 0. The number of nitrogens with one attached hydrogen (secondary N) is 1. The molecule has 0 fully saturated rings. The van der Waals surface area contributed by atoms with Gasteiger partial charge in [-0.1, -0.05) is 51.3 Å². The zero-order chi connectivity index (χ0) is 14.5. The molecule has 2 nitrogen and oxygen atoms in total. The van der Waals surface area contributed by atoms with E-state index in [2.05, 4.69) is 21.2 Å². The van der Waals surface area contributed by atoms with Gasteiger partial charge in [0.1, 0.15) is 0 Å². The molecule has 0 saturated carbocycles. The first-order chi connectivity index (χ1) is 9.60. The van der Waals surface area contributed by atoms with E-state index in [1.165, 1.54) is 5.56 Å². The molecule has 0 aromatic heterocycles. The highest BCUT2D eigenvalue weighted by Crippen LogP contribution is 2.25. The van der Waals surface area contributed by atoms with Crippen molar-refractivity contribution in [3.05, 3.63) is 62.0 Å². The topological polar surface area (TPSA) is 29.1 Å². The van der Waals surface area contributed by atoms with Crippen molar-refractivity contribution in [2.24, 2.45) is 0 Å². The standard InChI is InChI=1S/C15H12BrCl2NO/c16-14-7-12(17)5-3-10(14)1-2-11-4-6-13(18)8-15(11)19-9-20/h3-9H,1-2H2,(H,19,20). The summed E-state index contributed by atoms with van der Waals surface area (Å²) in [6.45, 7) is 0. The summed E-state index contributed by atoms with van der Waals surface area (Å²) in [5.74, 6) is 0. The van der Waals surface area contributed by atoms with Crippen LogP contribution in [0.1, 0.15) is 11.1 Å². The second kappa shape index (κ2) is 7.11. The molecule has 2 rings (SSSR count). The van der Waals surface area contributed by atoms with Crippen LogP contribution in [0, 0.1) is 0 Å². The number of amides is 1. The molecule has 0 aliphatic rings. The third kappa shape index (κ3) is 3.98. The van der Waals surface area contributed by atoms with Gasteiger partial charge in [-0.2, -0.15) is 0 Å². The van der Waals surface area contributed by atoms with Gasteiger partial charge in [-0.3, -0.25) is 4.79 Å². The van der Waals surface area contributed by atoms with Gasteiger partial charge in [0.05, 0.1) is 0 Å². The molecule has 0 saturated heterocycles. The quantitative estimate of drug-likeness (QED) is 0.726. The van der Waals surface area contributed by atoms with Crippen LogP contribution in [0.4, 0.5) is 5.69 Å². The van der Waals surface area contributed by atoms with Gasteiger partial charge in [0.2, 0.25) is 6.41 Å². The number of rotatable bonds is 5. The lowest BCUT2D eigenvalue weighted by Crippen LogP contribution is -2.01. The Kier molecular flexibility index (Phi) is 5.46. The third-order valence-electron chi connectivity index (χ3n) is 2.97. The predicted molar refractivity (Wildman–Crippen MR) is 87.7 cm³/mol. The Labute approximate surface area is 136 Å². The first kappa shape index (κ1) is 15.4. The fraction of sp³-hybridized carbons (Fsp3) is 0.133. The lowest BCUT2D eigenvalue weighted by atomic mass is 10.0. The lowest BCUT2D eigenvalue weighted by Gasteiger charge is -2.10. The van der Waals surface area contributed by atoms with E-state index in [9.17, 15) is 4.79 Å². The van der Waals surface area contributed by atoms with Crippen molar-refractivity contribution in [1.29, 1.82) is 0 Å². The molecule has 0 radical (unpaired) electrons.